The number of benzene rings is 2. The summed E-state index contributed by atoms with van der Waals surface area (Å²) in [6, 6.07) is 11.6. The normalized spacial score (nSPS) is 13.1. The molecule has 0 radical (unpaired) electrons. The molecule has 2 aromatic carbocycles. The average molecular weight is 362 g/mol. The molecule has 26 heavy (non-hydrogen) atoms. The van der Waals surface area contributed by atoms with E-state index in [-0.39, 0.29) is 12.4 Å². The Morgan fingerprint density at radius 1 is 1.04 bits per heavy atom. The molecule has 0 aliphatic heterocycles. The largest absolute Gasteiger partial charge is 0.392 e. The highest BCUT2D eigenvalue weighted by molar-refractivity contribution is 5.42. The van der Waals surface area contributed by atoms with Gasteiger partial charge in [0.25, 0.3) is 0 Å². The highest BCUT2D eigenvalue weighted by Crippen LogP contribution is 2.36. The van der Waals surface area contributed by atoms with Crippen molar-refractivity contribution in [2.45, 2.75) is 45.8 Å². The Labute approximate surface area is 157 Å². The molecule has 4 heteroatoms. The minimum atomic E-state index is -1.25. The lowest BCUT2D eigenvalue weighted by Gasteiger charge is -2.32. The third kappa shape index (κ3) is 5.63. The Hall–Kier alpha value is -1.75. The van der Waals surface area contributed by atoms with Crippen LogP contribution in [-0.2, 0) is 12.2 Å². The maximum absolute atomic E-state index is 13.3. The SMILES string of the molecule is CC.Cc1ccc(C(O)(CCCN(C)C)c2ccc(F)cc2)c(CO)c1. The maximum Gasteiger partial charge on any atom is 0.123 e. The van der Waals surface area contributed by atoms with Crippen LogP contribution in [0.15, 0.2) is 42.5 Å². The summed E-state index contributed by atoms with van der Waals surface area (Å²) in [6.45, 7) is 6.64. The van der Waals surface area contributed by atoms with Crippen LogP contribution in [-0.4, -0.2) is 35.8 Å². The molecule has 0 fully saturated rings. The third-order valence-electron chi connectivity index (χ3n) is 4.34. The number of halogens is 1. The second kappa shape index (κ2) is 10.4. The molecule has 0 amide bonds. The molecule has 2 rings (SSSR count). The van der Waals surface area contributed by atoms with E-state index in [2.05, 4.69) is 4.90 Å². The standard InChI is InChI=1S/C20H26FNO2.C2H6/c1-15-5-10-19(16(13-15)14-23)20(24,11-4-12-22(2)3)17-6-8-18(21)9-7-17;1-2/h5-10,13,23-24H,4,11-12,14H2,1-3H3;1-2H3. The van der Waals surface area contributed by atoms with Gasteiger partial charge >= 0.3 is 0 Å². The van der Waals surface area contributed by atoms with E-state index in [9.17, 15) is 14.6 Å². The topological polar surface area (TPSA) is 43.7 Å². The smallest absolute Gasteiger partial charge is 0.123 e. The second-order valence-corrected chi connectivity index (χ2v) is 6.59. The lowest BCUT2D eigenvalue weighted by atomic mass is 9.80. The van der Waals surface area contributed by atoms with Gasteiger partial charge < -0.3 is 15.1 Å². The van der Waals surface area contributed by atoms with Crippen LogP contribution >= 0.6 is 0 Å². The number of hydrogen-bond donors (Lipinski definition) is 2. The summed E-state index contributed by atoms with van der Waals surface area (Å²) in [5, 5.41) is 21.2. The summed E-state index contributed by atoms with van der Waals surface area (Å²) in [7, 11) is 3.98. The minimum absolute atomic E-state index is 0.145. The lowest BCUT2D eigenvalue weighted by Crippen LogP contribution is -2.30. The van der Waals surface area contributed by atoms with Crippen molar-refractivity contribution in [2.24, 2.45) is 0 Å². The Morgan fingerprint density at radius 2 is 1.65 bits per heavy atom. The van der Waals surface area contributed by atoms with Crippen LogP contribution < -0.4 is 0 Å². The van der Waals surface area contributed by atoms with Gasteiger partial charge in [0.15, 0.2) is 0 Å². The zero-order valence-electron chi connectivity index (χ0n) is 16.6. The molecule has 1 atom stereocenters. The van der Waals surface area contributed by atoms with Crippen molar-refractivity contribution in [3.8, 4) is 0 Å². The number of aliphatic hydroxyl groups excluding tert-OH is 1. The molecule has 0 heterocycles. The van der Waals surface area contributed by atoms with Gasteiger partial charge in [-0.3, -0.25) is 0 Å². The molecule has 1 unspecified atom stereocenters. The van der Waals surface area contributed by atoms with Gasteiger partial charge in [-0.05, 0) is 69.2 Å². The Morgan fingerprint density at radius 3 is 2.19 bits per heavy atom. The van der Waals surface area contributed by atoms with E-state index in [0.717, 1.165) is 18.5 Å². The minimum Gasteiger partial charge on any atom is -0.392 e. The van der Waals surface area contributed by atoms with Crippen LogP contribution in [0.1, 0.15) is 48.9 Å². The first-order valence-corrected chi connectivity index (χ1v) is 9.21. The first-order valence-electron chi connectivity index (χ1n) is 9.21. The van der Waals surface area contributed by atoms with Crippen LogP contribution in [0.2, 0.25) is 0 Å². The van der Waals surface area contributed by atoms with Gasteiger partial charge in [-0.1, -0.05) is 49.7 Å². The monoisotopic (exact) mass is 361 g/mol. The Kier molecular flexibility index (Phi) is 8.93. The number of rotatable bonds is 7. The zero-order valence-corrected chi connectivity index (χ0v) is 16.6. The fourth-order valence-corrected chi connectivity index (χ4v) is 3.07. The predicted molar refractivity (Wildman–Crippen MR) is 106 cm³/mol. The molecular formula is C22H32FNO2. The first kappa shape index (κ1) is 22.3. The quantitative estimate of drug-likeness (QED) is 0.776. The van der Waals surface area contributed by atoms with E-state index >= 15 is 0 Å². The molecule has 0 saturated heterocycles. The molecule has 3 nitrogen and oxygen atoms in total. The van der Waals surface area contributed by atoms with Crippen molar-refractivity contribution in [3.63, 3.8) is 0 Å². The summed E-state index contributed by atoms with van der Waals surface area (Å²) >= 11 is 0. The first-order chi connectivity index (χ1) is 12.4. The van der Waals surface area contributed by atoms with Gasteiger partial charge in [-0.15, -0.1) is 0 Å². The van der Waals surface area contributed by atoms with Gasteiger partial charge in [0.05, 0.1) is 6.61 Å². The second-order valence-electron chi connectivity index (χ2n) is 6.59. The van der Waals surface area contributed by atoms with Crippen molar-refractivity contribution in [1.82, 2.24) is 4.90 Å². The number of aryl methyl sites for hydroxylation is 1. The van der Waals surface area contributed by atoms with E-state index < -0.39 is 5.60 Å². The van der Waals surface area contributed by atoms with Gasteiger partial charge in [0, 0.05) is 0 Å². The molecule has 0 saturated carbocycles. The summed E-state index contributed by atoms with van der Waals surface area (Å²) in [6.07, 6.45) is 1.27. The molecule has 0 bridgehead atoms. The van der Waals surface area contributed by atoms with Gasteiger partial charge in [-0.2, -0.15) is 0 Å². The predicted octanol–water partition coefficient (Wildman–Crippen LogP) is 4.23. The number of nitrogens with zero attached hydrogens (tertiary/aromatic N) is 1. The summed E-state index contributed by atoms with van der Waals surface area (Å²) in [5.41, 5.74) is 1.79. The molecular weight excluding hydrogens is 329 g/mol. The van der Waals surface area contributed by atoms with Crippen LogP contribution in [0.3, 0.4) is 0 Å². The van der Waals surface area contributed by atoms with Crippen LogP contribution in [0.4, 0.5) is 4.39 Å². The van der Waals surface area contributed by atoms with E-state index in [1.165, 1.54) is 12.1 Å². The lowest BCUT2D eigenvalue weighted by molar-refractivity contribution is 0.0640. The van der Waals surface area contributed by atoms with Crippen molar-refractivity contribution < 1.29 is 14.6 Å². The Bertz CT molecular complexity index is 670. The van der Waals surface area contributed by atoms with E-state index in [4.69, 9.17) is 0 Å². The summed E-state index contributed by atoms with van der Waals surface area (Å²) in [5.74, 6) is -0.333. The molecule has 2 aromatic rings. The van der Waals surface area contributed by atoms with Crippen LogP contribution in [0.25, 0.3) is 0 Å². The number of hydrogen-bond acceptors (Lipinski definition) is 3. The molecule has 0 aromatic heterocycles. The zero-order chi connectivity index (χ0) is 19.7. The molecule has 0 aliphatic rings. The van der Waals surface area contributed by atoms with Crippen molar-refractivity contribution in [2.75, 3.05) is 20.6 Å². The highest BCUT2D eigenvalue weighted by atomic mass is 19.1. The van der Waals surface area contributed by atoms with Crippen molar-refractivity contribution in [3.05, 3.63) is 70.5 Å². The molecule has 0 aliphatic carbocycles. The fourth-order valence-electron chi connectivity index (χ4n) is 3.07. The third-order valence-corrected chi connectivity index (χ3v) is 4.34. The van der Waals surface area contributed by atoms with Crippen LogP contribution in [0, 0.1) is 12.7 Å². The fraction of sp³-hybridized carbons (Fsp3) is 0.455. The summed E-state index contributed by atoms with van der Waals surface area (Å²) in [4.78, 5) is 2.06. The van der Waals surface area contributed by atoms with E-state index in [1.807, 2.05) is 53.1 Å². The van der Waals surface area contributed by atoms with Gasteiger partial charge in [-0.25, -0.2) is 4.39 Å². The van der Waals surface area contributed by atoms with E-state index in [0.29, 0.717) is 23.1 Å². The number of aliphatic hydroxyl groups is 2. The molecule has 144 valence electrons. The molecule has 2 N–H and O–H groups in total. The average Bonchev–Trinajstić information content (AvgIpc) is 2.63. The Balaban J connectivity index is 0.00000163. The highest BCUT2D eigenvalue weighted by Gasteiger charge is 2.33. The molecule has 0 spiro atoms. The van der Waals surface area contributed by atoms with Crippen LogP contribution in [0.5, 0.6) is 0 Å². The van der Waals surface area contributed by atoms with E-state index in [1.54, 1.807) is 12.1 Å². The summed E-state index contributed by atoms with van der Waals surface area (Å²) < 4.78 is 13.3. The van der Waals surface area contributed by atoms with Gasteiger partial charge in [0.2, 0.25) is 0 Å². The maximum atomic E-state index is 13.3. The van der Waals surface area contributed by atoms with Gasteiger partial charge in [0.1, 0.15) is 11.4 Å². The van der Waals surface area contributed by atoms with Crippen molar-refractivity contribution >= 4 is 0 Å². The van der Waals surface area contributed by atoms with Crippen molar-refractivity contribution in [1.29, 1.82) is 0 Å².